The molecule has 0 aliphatic carbocycles. The summed E-state index contributed by atoms with van der Waals surface area (Å²) in [5.41, 5.74) is 0. The molecule has 0 aromatic heterocycles. The maximum absolute atomic E-state index is 11.8. The third-order valence-corrected chi connectivity index (χ3v) is 2.50. The second-order valence-corrected chi connectivity index (χ2v) is 4.15. The summed E-state index contributed by atoms with van der Waals surface area (Å²) in [6.07, 6.45) is -2.45. The molecule has 1 fully saturated rings. The lowest BCUT2D eigenvalue weighted by atomic mass is 10.1. The van der Waals surface area contributed by atoms with E-state index < -0.39 is 13.0 Å². The number of hydrogen-bond acceptors (Lipinski definition) is 3. The molecule has 1 atom stereocenters. The van der Waals surface area contributed by atoms with Gasteiger partial charge in [0.05, 0.1) is 19.3 Å². The molecule has 0 aromatic carbocycles. The van der Waals surface area contributed by atoms with E-state index in [-0.39, 0.29) is 24.5 Å². The van der Waals surface area contributed by atoms with Gasteiger partial charge in [0.15, 0.2) is 0 Å². The molecular weight excluding hydrogens is 218 g/mol. The Labute approximate surface area is 93.9 Å². The Balaban J connectivity index is 2.22. The van der Waals surface area contributed by atoms with Gasteiger partial charge in [0.1, 0.15) is 6.61 Å². The third-order valence-electron chi connectivity index (χ3n) is 2.50. The summed E-state index contributed by atoms with van der Waals surface area (Å²) >= 11 is 0. The molecule has 1 aliphatic heterocycles. The van der Waals surface area contributed by atoms with Crippen LogP contribution < -0.4 is 5.32 Å². The van der Waals surface area contributed by atoms with Crippen LogP contribution in [0, 0.1) is 5.92 Å². The van der Waals surface area contributed by atoms with Gasteiger partial charge in [-0.05, 0) is 5.92 Å². The van der Waals surface area contributed by atoms with E-state index in [4.69, 9.17) is 4.74 Å². The molecule has 1 aliphatic rings. The van der Waals surface area contributed by atoms with Crippen LogP contribution in [0.1, 0.15) is 13.8 Å². The highest BCUT2D eigenvalue weighted by Crippen LogP contribution is 2.11. The van der Waals surface area contributed by atoms with Gasteiger partial charge in [-0.15, -0.1) is 0 Å². The highest BCUT2D eigenvalue weighted by Gasteiger charge is 2.32. The zero-order valence-electron chi connectivity index (χ0n) is 9.58. The number of carbonyl (C=O) groups excluding carboxylic acids is 1. The summed E-state index contributed by atoms with van der Waals surface area (Å²) in [5.74, 6) is 0.259. The topological polar surface area (TPSA) is 41.6 Å². The molecular formula is C10H18F2N2O2. The van der Waals surface area contributed by atoms with Gasteiger partial charge in [0, 0.05) is 6.54 Å². The number of hydrogen-bond donors (Lipinski definition) is 1. The lowest BCUT2D eigenvalue weighted by Crippen LogP contribution is -2.35. The van der Waals surface area contributed by atoms with Gasteiger partial charge in [0.25, 0.3) is 6.43 Å². The molecule has 0 spiro atoms. The van der Waals surface area contributed by atoms with Crippen molar-refractivity contribution >= 4 is 5.91 Å². The summed E-state index contributed by atoms with van der Waals surface area (Å²) in [6.45, 7) is 4.35. The molecule has 1 rings (SSSR count). The van der Waals surface area contributed by atoms with Crippen LogP contribution >= 0.6 is 0 Å². The van der Waals surface area contributed by atoms with Crippen molar-refractivity contribution < 1.29 is 18.3 Å². The predicted molar refractivity (Wildman–Crippen MR) is 55.2 cm³/mol. The van der Waals surface area contributed by atoms with E-state index in [0.29, 0.717) is 13.2 Å². The average Bonchev–Trinajstić information content (AvgIpc) is 2.54. The number of rotatable bonds is 6. The fourth-order valence-corrected chi connectivity index (χ4v) is 1.63. The first kappa shape index (κ1) is 13.3. The van der Waals surface area contributed by atoms with Crippen molar-refractivity contribution in [3.63, 3.8) is 0 Å². The van der Waals surface area contributed by atoms with E-state index in [9.17, 15) is 13.6 Å². The normalized spacial score (nSPS) is 21.5. The third kappa shape index (κ3) is 3.68. The van der Waals surface area contributed by atoms with Crippen molar-refractivity contribution in [2.75, 3.05) is 26.4 Å². The molecule has 1 unspecified atom stereocenters. The van der Waals surface area contributed by atoms with E-state index >= 15 is 0 Å². The standard InChI is InChI=1S/C10H18F2N2O2/c1-7(2)9-10(15)14(6-13-9)3-4-16-5-8(11)12/h7-9,13H,3-6H2,1-2H3. The molecule has 0 bridgehead atoms. The zero-order valence-corrected chi connectivity index (χ0v) is 9.58. The SMILES string of the molecule is CC(C)C1NCN(CCOCC(F)F)C1=O. The smallest absolute Gasteiger partial charge is 0.261 e. The number of alkyl halides is 2. The van der Waals surface area contributed by atoms with Crippen LogP contribution in [0.4, 0.5) is 8.78 Å². The molecule has 1 amide bonds. The summed E-state index contributed by atoms with van der Waals surface area (Å²) in [5, 5.41) is 3.08. The molecule has 16 heavy (non-hydrogen) atoms. The van der Waals surface area contributed by atoms with Crippen LogP contribution in [0.2, 0.25) is 0 Å². The van der Waals surface area contributed by atoms with Crippen LogP contribution in [0.25, 0.3) is 0 Å². The lowest BCUT2D eigenvalue weighted by Gasteiger charge is -2.16. The van der Waals surface area contributed by atoms with Crippen LogP contribution in [0.5, 0.6) is 0 Å². The van der Waals surface area contributed by atoms with E-state index in [1.807, 2.05) is 13.8 Å². The van der Waals surface area contributed by atoms with Crippen molar-refractivity contribution in [2.24, 2.45) is 5.92 Å². The molecule has 0 saturated carbocycles. The molecule has 1 N–H and O–H groups in total. The van der Waals surface area contributed by atoms with Gasteiger partial charge in [0.2, 0.25) is 5.91 Å². The fourth-order valence-electron chi connectivity index (χ4n) is 1.63. The first-order valence-corrected chi connectivity index (χ1v) is 5.40. The second kappa shape index (κ2) is 6.10. The summed E-state index contributed by atoms with van der Waals surface area (Å²) in [4.78, 5) is 13.3. The maximum Gasteiger partial charge on any atom is 0.261 e. The van der Waals surface area contributed by atoms with Gasteiger partial charge in [-0.2, -0.15) is 0 Å². The van der Waals surface area contributed by atoms with Crippen LogP contribution in [-0.4, -0.2) is 49.7 Å². The van der Waals surface area contributed by atoms with Gasteiger partial charge in [-0.3, -0.25) is 10.1 Å². The molecule has 0 radical (unpaired) electrons. The van der Waals surface area contributed by atoms with E-state index in [1.165, 1.54) is 0 Å². The molecule has 94 valence electrons. The Morgan fingerprint density at radius 2 is 2.25 bits per heavy atom. The van der Waals surface area contributed by atoms with Crippen molar-refractivity contribution in [3.8, 4) is 0 Å². The zero-order chi connectivity index (χ0) is 12.1. The van der Waals surface area contributed by atoms with Gasteiger partial charge in [-0.1, -0.05) is 13.8 Å². The fraction of sp³-hybridized carbons (Fsp3) is 0.900. The summed E-state index contributed by atoms with van der Waals surface area (Å²) in [7, 11) is 0. The van der Waals surface area contributed by atoms with Crippen molar-refractivity contribution in [2.45, 2.75) is 26.3 Å². The van der Waals surface area contributed by atoms with Gasteiger partial charge < -0.3 is 9.64 Å². The van der Waals surface area contributed by atoms with Crippen LogP contribution in [-0.2, 0) is 9.53 Å². The Bertz CT molecular complexity index is 237. The molecule has 1 heterocycles. The second-order valence-electron chi connectivity index (χ2n) is 4.15. The Hall–Kier alpha value is -0.750. The number of carbonyl (C=O) groups is 1. The Morgan fingerprint density at radius 1 is 1.56 bits per heavy atom. The van der Waals surface area contributed by atoms with Gasteiger partial charge in [-0.25, -0.2) is 8.78 Å². The monoisotopic (exact) mass is 236 g/mol. The van der Waals surface area contributed by atoms with Crippen molar-refractivity contribution in [3.05, 3.63) is 0 Å². The van der Waals surface area contributed by atoms with Crippen LogP contribution in [0.3, 0.4) is 0 Å². The highest BCUT2D eigenvalue weighted by molar-refractivity contribution is 5.83. The molecule has 4 nitrogen and oxygen atoms in total. The lowest BCUT2D eigenvalue weighted by molar-refractivity contribution is -0.130. The maximum atomic E-state index is 11.8. The minimum absolute atomic E-state index is 0.0237. The summed E-state index contributed by atoms with van der Waals surface area (Å²) < 4.78 is 28.3. The first-order chi connectivity index (χ1) is 7.52. The molecule has 1 saturated heterocycles. The highest BCUT2D eigenvalue weighted by atomic mass is 19.3. The molecule has 0 aromatic rings. The van der Waals surface area contributed by atoms with E-state index in [2.05, 4.69) is 5.32 Å². The van der Waals surface area contributed by atoms with E-state index in [1.54, 1.807) is 4.90 Å². The number of nitrogens with zero attached hydrogens (tertiary/aromatic N) is 1. The number of amides is 1. The number of ether oxygens (including phenoxy) is 1. The number of halogens is 2. The predicted octanol–water partition coefficient (Wildman–Crippen LogP) is 0.682. The van der Waals surface area contributed by atoms with Gasteiger partial charge >= 0.3 is 0 Å². The molecule has 6 heteroatoms. The van der Waals surface area contributed by atoms with Crippen LogP contribution in [0.15, 0.2) is 0 Å². The quantitative estimate of drug-likeness (QED) is 0.690. The minimum atomic E-state index is -2.45. The average molecular weight is 236 g/mol. The van der Waals surface area contributed by atoms with E-state index in [0.717, 1.165) is 0 Å². The first-order valence-electron chi connectivity index (χ1n) is 5.40. The minimum Gasteiger partial charge on any atom is -0.374 e. The summed E-state index contributed by atoms with van der Waals surface area (Å²) in [6, 6.07) is -0.157. The Morgan fingerprint density at radius 3 is 2.75 bits per heavy atom. The van der Waals surface area contributed by atoms with Crippen molar-refractivity contribution in [1.29, 1.82) is 0 Å². The Kier molecular flexibility index (Phi) is 5.08. The number of nitrogens with one attached hydrogen (secondary N) is 1. The largest absolute Gasteiger partial charge is 0.374 e. The van der Waals surface area contributed by atoms with Crippen molar-refractivity contribution in [1.82, 2.24) is 10.2 Å².